The molecule has 0 spiro atoms. The third kappa shape index (κ3) is 4.18. The maximum absolute atomic E-state index is 12.8. The van der Waals surface area contributed by atoms with Crippen LogP contribution < -0.4 is 5.32 Å². The Balaban J connectivity index is 1.75. The number of nitriles is 1. The zero-order chi connectivity index (χ0) is 18.0. The molecule has 0 saturated heterocycles. The molecule has 1 N–H and O–H groups in total. The number of benzene rings is 1. The van der Waals surface area contributed by atoms with Crippen molar-refractivity contribution in [3.63, 3.8) is 0 Å². The first-order valence-electron chi connectivity index (χ1n) is 8.46. The van der Waals surface area contributed by atoms with Crippen molar-refractivity contribution in [2.45, 2.75) is 29.1 Å². The number of nitrogens with zero attached hydrogens (tertiary/aromatic N) is 1. The van der Waals surface area contributed by atoms with E-state index in [0.29, 0.717) is 16.7 Å². The molecular formula is C18H22N2O3S2. The van der Waals surface area contributed by atoms with Crippen LogP contribution in [0.15, 0.2) is 34.1 Å². The van der Waals surface area contributed by atoms with E-state index in [9.17, 15) is 13.2 Å². The van der Waals surface area contributed by atoms with Gasteiger partial charge in [0.2, 0.25) is 5.91 Å². The monoisotopic (exact) mass is 378 g/mol. The zero-order valence-corrected chi connectivity index (χ0v) is 15.8. The number of amides is 1. The number of rotatable bonds is 6. The third-order valence-corrected chi connectivity index (χ3v) is 7.93. The molecule has 3 rings (SSSR count). The van der Waals surface area contributed by atoms with Gasteiger partial charge in [0.1, 0.15) is 6.54 Å². The standard InChI is InChI=1S/C18H22N2O3S2/c1-24-15-2-4-16(5-3-15)25(22,23)11-14-9-12-8-13(12)10-17(14)18(21)20-7-6-19/h2-5,12-14,17H,7-11H2,1H3,(H,20,21)/t12?,13?,14-,17+/m0/s1. The molecule has 0 heterocycles. The first kappa shape index (κ1) is 18.3. The summed E-state index contributed by atoms with van der Waals surface area (Å²) in [7, 11) is -3.43. The molecule has 1 aromatic rings. The number of hydrogen-bond donors (Lipinski definition) is 1. The first-order chi connectivity index (χ1) is 11.9. The summed E-state index contributed by atoms with van der Waals surface area (Å²) in [5, 5.41) is 11.3. The number of carbonyl (C=O) groups excluding carboxylic acids is 1. The van der Waals surface area contributed by atoms with Gasteiger partial charge in [0, 0.05) is 10.8 Å². The molecular weight excluding hydrogens is 356 g/mol. The molecule has 2 aliphatic rings. The molecule has 1 aromatic carbocycles. The highest BCUT2D eigenvalue weighted by atomic mass is 32.2. The van der Waals surface area contributed by atoms with E-state index in [0.717, 1.165) is 24.2 Å². The molecule has 2 aliphatic carbocycles. The van der Waals surface area contributed by atoms with Crippen LogP contribution in [0.3, 0.4) is 0 Å². The summed E-state index contributed by atoms with van der Waals surface area (Å²) in [5.41, 5.74) is 0. The Hall–Kier alpha value is -1.52. The second-order valence-electron chi connectivity index (χ2n) is 6.93. The summed E-state index contributed by atoms with van der Waals surface area (Å²) in [4.78, 5) is 13.7. The summed E-state index contributed by atoms with van der Waals surface area (Å²) in [6, 6.07) is 8.83. The Morgan fingerprint density at radius 2 is 1.92 bits per heavy atom. The Kier molecular flexibility index (Phi) is 5.40. The number of sulfone groups is 1. The minimum absolute atomic E-state index is 0.000521. The Morgan fingerprint density at radius 3 is 2.56 bits per heavy atom. The average Bonchev–Trinajstić information content (AvgIpc) is 3.37. The number of nitrogens with one attached hydrogen (secondary N) is 1. The molecule has 25 heavy (non-hydrogen) atoms. The summed E-state index contributed by atoms with van der Waals surface area (Å²) >= 11 is 1.57. The highest BCUT2D eigenvalue weighted by Gasteiger charge is 2.49. The molecule has 1 amide bonds. The molecule has 134 valence electrons. The van der Waals surface area contributed by atoms with Crippen LogP contribution in [0.25, 0.3) is 0 Å². The number of thioether (sulfide) groups is 1. The lowest BCUT2D eigenvalue weighted by atomic mass is 9.80. The second-order valence-corrected chi connectivity index (χ2v) is 9.84. The van der Waals surface area contributed by atoms with E-state index in [4.69, 9.17) is 5.26 Å². The van der Waals surface area contributed by atoms with E-state index < -0.39 is 9.84 Å². The summed E-state index contributed by atoms with van der Waals surface area (Å²) in [6.07, 6.45) is 4.58. The summed E-state index contributed by atoms with van der Waals surface area (Å²) < 4.78 is 25.6. The molecule has 0 bridgehead atoms. The van der Waals surface area contributed by atoms with E-state index in [1.807, 2.05) is 24.5 Å². The van der Waals surface area contributed by atoms with Gasteiger partial charge in [0.15, 0.2) is 9.84 Å². The van der Waals surface area contributed by atoms with Gasteiger partial charge in [0.25, 0.3) is 0 Å². The van der Waals surface area contributed by atoms with Crippen LogP contribution >= 0.6 is 11.8 Å². The van der Waals surface area contributed by atoms with Crippen molar-refractivity contribution < 1.29 is 13.2 Å². The highest BCUT2D eigenvalue weighted by molar-refractivity contribution is 7.98. The van der Waals surface area contributed by atoms with E-state index in [2.05, 4.69) is 5.32 Å². The zero-order valence-electron chi connectivity index (χ0n) is 14.1. The predicted molar refractivity (Wildman–Crippen MR) is 96.7 cm³/mol. The molecule has 2 saturated carbocycles. The van der Waals surface area contributed by atoms with Gasteiger partial charge in [-0.1, -0.05) is 0 Å². The second kappa shape index (κ2) is 7.38. The molecule has 0 aliphatic heterocycles. The van der Waals surface area contributed by atoms with E-state index in [-0.39, 0.29) is 30.0 Å². The smallest absolute Gasteiger partial charge is 0.224 e. The predicted octanol–water partition coefficient (Wildman–Crippen LogP) is 2.48. The molecule has 0 radical (unpaired) electrons. The van der Waals surface area contributed by atoms with Crippen LogP contribution in [0.4, 0.5) is 0 Å². The van der Waals surface area contributed by atoms with E-state index in [1.54, 1.807) is 23.9 Å². The quantitative estimate of drug-likeness (QED) is 0.607. The van der Waals surface area contributed by atoms with Crippen molar-refractivity contribution in [3.05, 3.63) is 24.3 Å². The van der Waals surface area contributed by atoms with Crippen LogP contribution in [0.1, 0.15) is 19.3 Å². The first-order valence-corrected chi connectivity index (χ1v) is 11.3. The minimum Gasteiger partial charge on any atom is -0.343 e. The third-order valence-electron chi connectivity index (χ3n) is 5.33. The average molecular weight is 379 g/mol. The van der Waals surface area contributed by atoms with E-state index >= 15 is 0 Å². The summed E-state index contributed by atoms with van der Waals surface area (Å²) in [5.74, 6) is 0.464. The van der Waals surface area contributed by atoms with Gasteiger partial charge in [-0.05, 0) is 67.5 Å². The van der Waals surface area contributed by atoms with Crippen molar-refractivity contribution >= 4 is 27.5 Å². The SMILES string of the molecule is CSc1ccc(S(=O)(=O)C[C@@H]2CC3CC3C[C@H]2C(=O)NCC#N)cc1. The maximum atomic E-state index is 12.8. The van der Waals surface area contributed by atoms with Crippen molar-refractivity contribution in [2.75, 3.05) is 18.6 Å². The molecule has 4 atom stereocenters. The van der Waals surface area contributed by atoms with Gasteiger partial charge in [-0.2, -0.15) is 5.26 Å². The van der Waals surface area contributed by atoms with Crippen LogP contribution in [0.2, 0.25) is 0 Å². The lowest BCUT2D eigenvalue weighted by molar-refractivity contribution is -0.127. The van der Waals surface area contributed by atoms with Crippen LogP contribution in [0, 0.1) is 35.0 Å². The molecule has 2 fully saturated rings. The lowest BCUT2D eigenvalue weighted by Gasteiger charge is -2.29. The fourth-order valence-electron chi connectivity index (χ4n) is 3.88. The molecule has 5 nitrogen and oxygen atoms in total. The van der Waals surface area contributed by atoms with Gasteiger partial charge < -0.3 is 5.32 Å². The van der Waals surface area contributed by atoms with Gasteiger partial charge >= 0.3 is 0 Å². The van der Waals surface area contributed by atoms with Crippen LogP contribution in [0.5, 0.6) is 0 Å². The fraction of sp³-hybridized carbons (Fsp3) is 0.556. The van der Waals surface area contributed by atoms with Gasteiger partial charge in [-0.25, -0.2) is 8.42 Å². The lowest BCUT2D eigenvalue weighted by Crippen LogP contribution is -2.40. The van der Waals surface area contributed by atoms with E-state index in [1.165, 1.54) is 0 Å². The number of hydrogen-bond acceptors (Lipinski definition) is 5. The Labute approximate surface area is 153 Å². The number of fused-ring (bicyclic) bond motifs is 1. The van der Waals surface area contributed by atoms with Crippen LogP contribution in [-0.4, -0.2) is 32.9 Å². The molecule has 7 heteroatoms. The normalized spacial score (nSPS) is 27.8. The Bertz CT molecular complexity index is 784. The van der Waals surface area contributed by atoms with Gasteiger partial charge in [-0.3, -0.25) is 4.79 Å². The number of carbonyl (C=O) groups is 1. The van der Waals surface area contributed by atoms with Crippen molar-refractivity contribution in [1.29, 1.82) is 5.26 Å². The van der Waals surface area contributed by atoms with Crippen LogP contribution in [-0.2, 0) is 14.6 Å². The topological polar surface area (TPSA) is 87.0 Å². The van der Waals surface area contributed by atoms with Gasteiger partial charge in [0.05, 0.1) is 16.7 Å². The Morgan fingerprint density at radius 1 is 1.24 bits per heavy atom. The molecule has 0 aromatic heterocycles. The highest BCUT2D eigenvalue weighted by Crippen LogP contribution is 2.54. The fourth-order valence-corrected chi connectivity index (χ4v) is 5.97. The van der Waals surface area contributed by atoms with Crippen molar-refractivity contribution in [1.82, 2.24) is 5.32 Å². The molecule has 2 unspecified atom stereocenters. The summed E-state index contributed by atoms with van der Waals surface area (Å²) in [6.45, 7) is -0.0287. The van der Waals surface area contributed by atoms with Crippen molar-refractivity contribution in [2.24, 2.45) is 23.7 Å². The minimum atomic E-state index is -3.43. The maximum Gasteiger partial charge on any atom is 0.224 e. The largest absolute Gasteiger partial charge is 0.343 e. The van der Waals surface area contributed by atoms with Crippen molar-refractivity contribution in [3.8, 4) is 6.07 Å². The van der Waals surface area contributed by atoms with Gasteiger partial charge in [-0.15, -0.1) is 11.8 Å².